The summed E-state index contributed by atoms with van der Waals surface area (Å²) < 4.78 is 26.4. The molecule has 24 heavy (non-hydrogen) atoms. The molecule has 0 saturated heterocycles. The molecule has 0 aliphatic rings. The molecule has 0 atom stereocenters. The average molecular weight is 373 g/mol. The van der Waals surface area contributed by atoms with Crippen molar-refractivity contribution in [3.05, 3.63) is 17.4 Å². The van der Waals surface area contributed by atoms with Gasteiger partial charge in [-0.2, -0.15) is 10.1 Å². The number of hydrogen-bond acceptors (Lipinski definition) is 7. The van der Waals surface area contributed by atoms with Gasteiger partial charge in [-0.1, -0.05) is 11.6 Å². The Morgan fingerprint density at radius 2 is 1.92 bits per heavy atom. The molecule has 0 bridgehead atoms. The monoisotopic (exact) mass is 372 g/mol. The largest absolute Gasteiger partial charge is 0.352 e. The molecule has 0 saturated carbocycles. The summed E-state index contributed by atoms with van der Waals surface area (Å²) in [5.74, 6) is 0.706. The fourth-order valence-electron chi connectivity index (χ4n) is 1.90. The number of nitrogens with one attached hydrogen (secondary N) is 2. The number of nitrogens with zero attached hydrogens (tertiary/aromatic N) is 4. The Morgan fingerprint density at radius 1 is 1.25 bits per heavy atom. The topological polar surface area (TPSA) is 102 Å². The second kappa shape index (κ2) is 6.94. The van der Waals surface area contributed by atoms with Crippen molar-refractivity contribution < 1.29 is 8.42 Å². The summed E-state index contributed by atoms with van der Waals surface area (Å²) in [4.78, 5) is 8.38. The molecule has 2 rings (SSSR count). The zero-order valence-corrected chi connectivity index (χ0v) is 15.8. The minimum atomic E-state index is -3.55. The number of anilines is 3. The van der Waals surface area contributed by atoms with E-state index in [9.17, 15) is 8.42 Å². The lowest BCUT2D eigenvalue weighted by atomic mass is 10.4. The van der Waals surface area contributed by atoms with Crippen LogP contribution in [0.2, 0.25) is 5.02 Å². The molecule has 0 spiro atoms. The summed E-state index contributed by atoms with van der Waals surface area (Å²) in [5.41, 5.74) is 0.322. The van der Waals surface area contributed by atoms with Gasteiger partial charge < -0.3 is 10.6 Å². The van der Waals surface area contributed by atoms with Gasteiger partial charge in [-0.3, -0.25) is 4.68 Å². The molecule has 0 aromatic carbocycles. The summed E-state index contributed by atoms with van der Waals surface area (Å²) in [6, 6.07) is 0.147. The minimum Gasteiger partial charge on any atom is -0.352 e. The van der Waals surface area contributed by atoms with Crippen LogP contribution in [0, 0.1) is 0 Å². The van der Waals surface area contributed by atoms with Crippen LogP contribution in [-0.4, -0.2) is 39.5 Å². The predicted molar refractivity (Wildman–Crippen MR) is 94.6 cm³/mol. The maximum atomic E-state index is 12.5. The Morgan fingerprint density at radius 3 is 2.50 bits per heavy atom. The van der Waals surface area contributed by atoms with Gasteiger partial charge in [-0.05, 0) is 27.7 Å². The summed E-state index contributed by atoms with van der Waals surface area (Å²) >= 11 is 6.13. The van der Waals surface area contributed by atoms with Gasteiger partial charge in [0.25, 0.3) is 0 Å². The van der Waals surface area contributed by atoms with Crippen LogP contribution in [0.5, 0.6) is 0 Å². The number of rotatable bonds is 6. The maximum Gasteiger partial charge on any atom is 0.224 e. The summed E-state index contributed by atoms with van der Waals surface area (Å²) in [5, 5.41) is 9.74. The van der Waals surface area contributed by atoms with E-state index in [1.54, 1.807) is 27.1 Å². The van der Waals surface area contributed by atoms with Crippen LogP contribution >= 0.6 is 11.6 Å². The standard InChI is InChI=1S/C14H21ClN6O2S/c1-8(2)17-14-16-6-10(15)12(19-14)18-11-7-21(5)20-13(11)24(22,23)9(3)4/h6-9H,1-5H3,(H2,16,17,18,19). The Hall–Kier alpha value is -1.87. The molecule has 2 aromatic rings. The normalized spacial score (nSPS) is 12.0. The van der Waals surface area contributed by atoms with Crippen LogP contribution < -0.4 is 10.6 Å². The van der Waals surface area contributed by atoms with Gasteiger partial charge in [0.1, 0.15) is 5.02 Å². The van der Waals surface area contributed by atoms with E-state index in [1.165, 1.54) is 10.9 Å². The fraction of sp³-hybridized carbons (Fsp3) is 0.500. The van der Waals surface area contributed by atoms with Crippen LogP contribution in [0.1, 0.15) is 27.7 Å². The first-order valence-electron chi connectivity index (χ1n) is 7.45. The van der Waals surface area contributed by atoms with E-state index >= 15 is 0 Å². The van der Waals surface area contributed by atoms with Gasteiger partial charge in [-0.25, -0.2) is 13.4 Å². The van der Waals surface area contributed by atoms with E-state index < -0.39 is 15.1 Å². The molecule has 0 fully saturated rings. The highest BCUT2D eigenvalue weighted by Crippen LogP contribution is 2.29. The van der Waals surface area contributed by atoms with Crippen LogP contribution in [0.25, 0.3) is 0 Å². The summed E-state index contributed by atoms with van der Waals surface area (Å²) in [6.07, 6.45) is 3.03. The Bertz CT molecular complexity index is 832. The molecule has 0 radical (unpaired) electrons. The molecule has 0 amide bonds. The van der Waals surface area contributed by atoms with Crippen molar-refractivity contribution >= 4 is 38.9 Å². The first kappa shape index (κ1) is 18.5. The van der Waals surface area contributed by atoms with Crippen molar-refractivity contribution in [1.82, 2.24) is 19.7 Å². The van der Waals surface area contributed by atoms with Gasteiger partial charge in [0.2, 0.25) is 20.8 Å². The van der Waals surface area contributed by atoms with E-state index in [-0.39, 0.29) is 16.1 Å². The van der Waals surface area contributed by atoms with Crippen molar-refractivity contribution in [2.75, 3.05) is 10.6 Å². The van der Waals surface area contributed by atoms with Gasteiger partial charge in [0.05, 0.1) is 17.1 Å². The zero-order chi connectivity index (χ0) is 18.1. The van der Waals surface area contributed by atoms with Crippen LogP contribution in [0.4, 0.5) is 17.5 Å². The van der Waals surface area contributed by atoms with Crippen molar-refractivity contribution in [2.24, 2.45) is 7.05 Å². The molecule has 0 unspecified atom stereocenters. The van der Waals surface area contributed by atoms with Gasteiger partial charge in [0, 0.05) is 19.3 Å². The number of sulfone groups is 1. The highest BCUT2D eigenvalue weighted by atomic mass is 35.5. The van der Waals surface area contributed by atoms with Gasteiger partial charge in [-0.15, -0.1) is 0 Å². The highest BCUT2D eigenvalue weighted by molar-refractivity contribution is 7.92. The van der Waals surface area contributed by atoms with E-state index in [1.807, 2.05) is 13.8 Å². The first-order valence-corrected chi connectivity index (χ1v) is 9.37. The van der Waals surface area contributed by atoms with Crippen molar-refractivity contribution in [3.8, 4) is 0 Å². The zero-order valence-electron chi connectivity index (χ0n) is 14.2. The van der Waals surface area contributed by atoms with Crippen molar-refractivity contribution in [3.63, 3.8) is 0 Å². The molecule has 10 heteroatoms. The Balaban J connectivity index is 2.42. The smallest absolute Gasteiger partial charge is 0.224 e. The third-order valence-electron chi connectivity index (χ3n) is 3.10. The number of aryl methyl sites for hydroxylation is 1. The predicted octanol–water partition coefficient (Wildman–Crippen LogP) is 2.61. The summed E-state index contributed by atoms with van der Waals surface area (Å²) in [6.45, 7) is 7.13. The fourth-order valence-corrected chi connectivity index (χ4v) is 3.13. The van der Waals surface area contributed by atoms with Gasteiger partial charge >= 0.3 is 0 Å². The van der Waals surface area contributed by atoms with Crippen LogP contribution in [0.3, 0.4) is 0 Å². The minimum absolute atomic E-state index is 0.0342. The number of aromatic nitrogens is 4. The third-order valence-corrected chi connectivity index (χ3v) is 5.46. The lowest BCUT2D eigenvalue weighted by Crippen LogP contribution is -2.16. The SMILES string of the molecule is CC(C)Nc1ncc(Cl)c(Nc2cn(C)nc2S(=O)(=O)C(C)C)n1. The number of hydrogen-bond donors (Lipinski definition) is 2. The lowest BCUT2D eigenvalue weighted by Gasteiger charge is -2.12. The maximum absolute atomic E-state index is 12.5. The third kappa shape index (κ3) is 3.96. The Labute approximate surface area is 146 Å². The van der Waals surface area contributed by atoms with E-state index in [0.717, 1.165) is 0 Å². The van der Waals surface area contributed by atoms with E-state index in [2.05, 4.69) is 25.7 Å². The highest BCUT2D eigenvalue weighted by Gasteiger charge is 2.27. The van der Waals surface area contributed by atoms with E-state index in [4.69, 9.17) is 11.6 Å². The van der Waals surface area contributed by atoms with Crippen LogP contribution in [-0.2, 0) is 16.9 Å². The quantitative estimate of drug-likeness (QED) is 0.803. The van der Waals surface area contributed by atoms with Crippen molar-refractivity contribution in [1.29, 1.82) is 0 Å². The van der Waals surface area contributed by atoms with Crippen LogP contribution in [0.15, 0.2) is 17.4 Å². The molecule has 2 N–H and O–H groups in total. The molecule has 2 heterocycles. The molecule has 8 nitrogen and oxygen atoms in total. The molecule has 2 aromatic heterocycles. The molecule has 0 aliphatic heterocycles. The second-order valence-electron chi connectivity index (χ2n) is 5.93. The molecule has 0 aliphatic carbocycles. The summed E-state index contributed by atoms with van der Waals surface area (Å²) in [7, 11) is -1.89. The second-order valence-corrected chi connectivity index (χ2v) is 8.76. The lowest BCUT2D eigenvalue weighted by molar-refractivity contribution is 0.579. The van der Waals surface area contributed by atoms with Crippen molar-refractivity contribution in [2.45, 2.75) is 44.0 Å². The Kier molecular flexibility index (Phi) is 5.34. The molecule has 132 valence electrons. The van der Waals surface area contributed by atoms with Gasteiger partial charge in [0.15, 0.2) is 5.82 Å². The first-order chi connectivity index (χ1) is 11.1. The van der Waals surface area contributed by atoms with E-state index in [0.29, 0.717) is 17.5 Å². The number of halogens is 1. The molecular formula is C14H21ClN6O2S. The molecular weight excluding hydrogens is 352 g/mol. The average Bonchev–Trinajstić information content (AvgIpc) is 2.83.